The van der Waals surface area contributed by atoms with Crippen molar-refractivity contribution in [2.24, 2.45) is 0 Å². The van der Waals surface area contributed by atoms with Gasteiger partial charge in [-0.3, -0.25) is 4.79 Å². The largest absolute Gasteiger partial charge is 0.360 e. The van der Waals surface area contributed by atoms with Crippen LogP contribution in [0.4, 0.5) is 5.69 Å². The Balaban J connectivity index is 2.07. The Kier molecular flexibility index (Phi) is 5.64. The zero-order valence-electron chi connectivity index (χ0n) is 14.5. The molecule has 0 bridgehead atoms. The maximum Gasteiger partial charge on any atom is 0.263 e. The van der Waals surface area contributed by atoms with Crippen molar-refractivity contribution >= 4 is 34.8 Å². The van der Waals surface area contributed by atoms with E-state index in [9.17, 15) is 4.79 Å². The van der Waals surface area contributed by atoms with E-state index < -0.39 is 0 Å². The second-order valence-corrected chi connectivity index (χ2v) is 6.74. The average Bonchev–Trinajstić information content (AvgIpc) is 3.05. The molecule has 0 saturated heterocycles. The summed E-state index contributed by atoms with van der Waals surface area (Å²) >= 11 is 12.3. The molecule has 3 rings (SSSR count). The van der Waals surface area contributed by atoms with E-state index in [4.69, 9.17) is 27.7 Å². The lowest BCUT2D eigenvalue weighted by Crippen LogP contribution is -2.27. The normalized spacial score (nSPS) is 10.8. The summed E-state index contributed by atoms with van der Waals surface area (Å²) in [6, 6.07) is 14.4. The minimum Gasteiger partial charge on any atom is -0.360 e. The van der Waals surface area contributed by atoms with Crippen molar-refractivity contribution < 1.29 is 9.32 Å². The van der Waals surface area contributed by atoms with Crippen LogP contribution in [0.1, 0.15) is 29.5 Å². The van der Waals surface area contributed by atoms with Gasteiger partial charge in [0, 0.05) is 29.7 Å². The SMILES string of the molecule is CCCc1onc(-c2ccccc2Cl)c1C(=O)N(C)c1ccc(Cl)cc1. The maximum atomic E-state index is 13.2. The molecular weight excluding hydrogens is 371 g/mol. The van der Waals surface area contributed by atoms with Gasteiger partial charge in [0.2, 0.25) is 0 Å². The van der Waals surface area contributed by atoms with Crippen LogP contribution >= 0.6 is 23.2 Å². The van der Waals surface area contributed by atoms with Crippen LogP contribution in [-0.2, 0) is 6.42 Å². The van der Waals surface area contributed by atoms with Gasteiger partial charge in [0.05, 0.1) is 5.02 Å². The molecule has 0 atom stereocenters. The van der Waals surface area contributed by atoms with Crippen molar-refractivity contribution in [2.45, 2.75) is 19.8 Å². The van der Waals surface area contributed by atoms with Gasteiger partial charge in [-0.2, -0.15) is 0 Å². The molecule has 0 saturated carbocycles. The number of halogens is 2. The Morgan fingerprint density at radius 2 is 1.81 bits per heavy atom. The van der Waals surface area contributed by atoms with Crippen LogP contribution in [0.2, 0.25) is 10.0 Å². The summed E-state index contributed by atoms with van der Waals surface area (Å²) < 4.78 is 5.49. The van der Waals surface area contributed by atoms with E-state index in [0.29, 0.717) is 39.0 Å². The van der Waals surface area contributed by atoms with E-state index in [2.05, 4.69) is 5.16 Å². The number of hydrogen-bond acceptors (Lipinski definition) is 3. The number of anilines is 1. The summed E-state index contributed by atoms with van der Waals surface area (Å²) in [5.74, 6) is 0.361. The third-order valence-corrected chi connectivity index (χ3v) is 4.68. The first-order chi connectivity index (χ1) is 12.5. The lowest BCUT2D eigenvalue weighted by atomic mass is 10.0. The summed E-state index contributed by atoms with van der Waals surface area (Å²) in [7, 11) is 1.71. The Morgan fingerprint density at radius 3 is 2.46 bits per heavy atom. The first-order valence-electron chi connectivity index (χ1n) is 8.30. The van der Waals surface area contributed by atoms with Crippen LogP contribution in [0.3, 0.4) is 0 Å². The molecule has 0 N–H and O–H groups in total. The molecule has 4 nitrogen and oxygen atoms in total. The van der Waals surface area contributed by atoms with Crippen LogP contribution < -0.4 is 4.90 Å². The molecule has 0 radical (unpaired) electrons. The van der Waals surface area contributed by atoms with Gasteiger partial charge < -0.3 is 9.42 Å². The number of hydrogen-bond donors (Lipinski definition) is 0. The van der Waals surface area contributed by atoms with Crippen molar-refractivity contribution in [2.75, 3.05) is 11.9 Å². The fourth-order valence-electron chi connectivity index (χ4n) is 2.73. The number of amides is 1. The Hall–Kier alpha value is -2.30. The topological polar surface area (TPSA) is 46.3 Å². The second-order valence-electron chi connectivity index (χ2n) is 5.90. The third kappa shape index (κ3) is 3.62. The molecule has 26 heavy (non-hydrogen) atoms. The second kappa shape index (κ2) is 7.94. The molecule has 6 heteroatoms. The quantitative estimate of drug-likeness (QED) is 0.548. The number of nitrogens with zero attached hydrogens (tertiary/aromatic N) is 2. The Morgan fingerprint density at radius 1 is 1.12 bits per heavy atom. The zero-order chi connectivity index (χ0) is 18.7. The maximum absolute atomic E-state index is 13.2. The van der Waals surface area contributed by atoms with Crippen molar-refractivity contribution in [3.05, 3.63) is 69.9 Å². The number of rotatable bonds is 5. The van der Waals surface area contributed by atoms with E-state index in [1.54, 1.807) is 42.3 Å². The van der Waals surface area contributed by atoms with Crippen molar-refractivity contribution in [1.82, 2.24) is 5.16 Å². The van der Waals surface area contributed by atoms with Gasteiger partial charge in [-0.15, -0.1) is 0 Å². The minimum absolute atomic E-state index is 0.202. The number of aromatic nitrogens is 1. The van der Waals surface area contributed by atoms with Crippen molar-refractivity contribution in [1.29, 1.82) is 0 Å². The Bertz CT molecular complexity index is 920. The minimum atomic E-state index is -0.202. The molecule has 0 unspecified atom stereocenters. The van der Waals surface area contributed by atoms with Gasteiger partial charge in [-0.05, 0) is 36.8 Å². The first kappa shape index (κ1) is 18.5. The molecule has 134 valence electrons. The smallest absolute Gasteiger partial charge is 0.263 e. The number of benzene rings is 2. The van der Waals surface area contributed by atoms with Crippen LogP contribution in [0.5, 0.6) is 0 Å². The summed E-state index contributed by atoms with van der Waals surface area (Å²) in [4.78, 5) is 14.8. The van der Waals surface area contributed by atoms with E-state index in [1.807, 2.05) is 25.1 Å². The molecule has 0 spiro atoms. The summed E-state index contributed by atoms with van der Waals surface area (Å²) in [5, 5.41) is 5.28. The summed E-state index contributed by atoms with van der Waals surface area (Å²) in [5.41, 5.74) is 2.31. The average molecular weight is 389 g/mol. The monoisotopic (exact) mass is 388 g/mol. The highest BCUT2D eigenvalue weighted by Gasteiger charge is 2.27. The summed E-state index contributed by atoms with van der Waals surface area (Å²) in [6.07, 6.45) is 1.45. The highest BCUT2D eigenvalue weighted by Crippen LogP contribution is 2.33. The van der Waals surface area contributed by atoms with Crippen LogP contribution in [-0.4, -0.2) is 18.1 Å². The highest BCUT2D eigenvalue weighted by atomic mass is 35.5. The zero-order valence-corrected chi connectivity index (χ0v) is 16.0. The molecule has 0 aliphatic heterocycles. The van der Waals surface area contributed by atoms with Crippen molar-refractivity contribution in [3.63, 3.8) is 0 Å². The van der Waals surface area contributed by atoms with Crippen LogP contribution in [0.15, 0.2) is 53.1 Å². The molecule has 3 aromatic rings. The molecule has 1 amide bonds. The molecule has 0 aliphatic carbocycles. The van der Waals surface area contributed by atoms with Gasteiger partial charge in [-0.25, -0.2) is 0 Å². The molecule has 1 aromatic heterocycles. The molecule has 2 aromatic carbocycles. The predicted octanol–water partition coefficient (Wildman–Crippen LogP) is 5.88. The van der Waals surface area contributed by atoms with Gasteiger partial charge in [0.1, 0.15) is 17.0 Å². The van der Waals surface area contributed by atoms with Crippen molar-refractivity contribution in [3.8, 4) is 11.3 Å². The standard InChI is InChI=1S/C20H18Cl2N2O2/c1-3-6-17-18(19(23-26-17)15-7-4-5-8-16(15)22)20(25)24(2)14-11-9-13(21)10-12-14/h4-5,7-12H,3,6H2,1-2H3. The van der Waals surface area contributed by atoms with Gasteiger partial charge in [-0.1, -0.05) is 53.5 Å². The van der Waals surface area contributed by atoms with Crippen LogP contribution in [0.25, 0.3) is 11.3 Å². The predicted molar refractivity (Wildman–Crippen MR) is 105 cm³/mol. The highest BCUT2D eigenvalue weighted by molar-refractivity contribution is 6.33. The number of carbonyl (C=O) groups excluding carboxylic acids is 1. The van der Waals surface area contributed by atoms with E-state index in [1.165, 1.54) is 0 Å². The third-order valence-electron chi connectivity index (χ3n) is 4.10. The molecule has 0 aliphatic rings. The van der Waals surface area contributed by atoms with E-state index >= 15 is 0 Å². The number of aryl methyl sites for hydroxylation is 1. The van der Waals surface area contributed by atoms with E-state index in [0.717, 1.165) is 12.1 Å². The fraction of sp³-hybridized carbons (Fsp3) is 0.200. The molecule has 0 fully saturated rings. The van der Waals surface area contributed by atoms with Gasteiger partial charge in [0.25, 0.3) is 5.91 Å². The van der Waals surface area contributed by atoms with E-state index in [-0.39, 0.29) is 5.91 Å². The molecule has 1 heterocycles. The lowest BCUT2D eigenvalue weighted by Gasteiger charge is -2.18. The first-order valence-corrected chi connectivity index (χ1v) is 9.05. The number of carbonyl (C=O) groups is 1. The Labute approximate surface area is 162 Å². The van der Waals surface area contributed by atoms with Gasteiger partial charge >= 0.3 is 0 Å². The molecular formula is C20H18Cl2N2O2. The lowest BCUT2D eigenvalue weighted by molar-refractivity contribution is 0.0991. The van der Waals surface area contributed by atoms with Crippen LogP contribution in [0, 0.1) is 0 Å². The fourth-order valence-corrected chi connectivity index (χ4v) is 3.08. The summed E-state index contributed by atoms with van der Waals surface area (Å²) in [6.45, 7) is 2.02. The van der Waals surface area contributed by atoms with Gasteiger partial charge in [0.15, 0.2) is 0 Å².